The van der Waals surface area contributed by atoms with Crippen LogP contribution in [0.1, 0.15) is 45.1 Å². The molecule has 1 heteroatoms. The van der Waals surface area contributed by atoms with Gasteiger partial charge in [-0.1, -0.05) is 60.7 Å². The summed E-state index contributed by atoms with van der Waals surface area (Å²) in [4.78, 5) is 0. The van der Waals surface area contributed by atoms with Crippen molar-refractivity contribution in [3.05, 3.63) is 70.8 Å². The van der Waals surface area contributed by atoms with Crippen LogP contribution in [0.25, 0.3) is 12.2 Å². The fourth-order valence-electron chi connectivity index (χ4n) is 3.01. The van der Waals surface area contributed by atoms with Gasteiger partial charge in [0.05, 0.1) is 0 Å². The molecule has 0 saturated heterocycles. The zero-order chi connectivity index (χ0) is 16.3. The van der Waals surface area contributed by atoms with E-state index in [1.54, 1.807) is 0 Å². The van der Waals surface area contributed by atoms with Crippen molar-refractivity contribution in [3.63, 3.8) is 0 Å². The highest BCUT2D eigenvalue weighted by molar-refractivity contribution is 5.76. The van der Waals surface area contributed by atoms with Gasteiger partial charge in [-0.3, -0.25) is 0 Å². The number of benzene rings is 2. The first-order valence-electron chi connectivity index (χ1n) is 8.65. The minimum Gasteiger partial charge on any atom is -0.320 e. The molecule has 0 unspecified atom stereocenters. The standard InChI is InChI=1S/C19H21N/c1-20-14-6-11-19-17-9-4-2-7-15(17)12-13-16-8-3-5-10-18(16)19/h2-5,7-10,12-13,19-20H,6,11,14H2,1H3/i1+1D3. The van der Waals surface area contributed by atoms with E-state index in [1.807, 2.05) is 0 Å². The van der Waals surface area contributed by atoms with Crippen molar-refractivity contribution in [2.75, 3.05) is 13.5 Å². The Bertz CT molecular complexity index is 654. The average molecular weight is 267 g/mol. The fourth-order valence-corrected chi connectivity index (χ4v) is 3.01. The van der Waals surface area contributed by atoms with E-state index in [4.69, 9.17) is 4.11 Å². The third kappa shape index (κ3) is 2.54. The first kappa shape index (κ1) is 9.95. The van der Waals surface area contributed by atoms with Crippen LogP contribution in [0.15, 0.2) is 48.5 Å². The molecule has 1 nitrogen and oxygen atoms in total. The molecule has 0 saturated carbocycles. The second-order valence-electron chi connectivity index (χ2n) is 5.21. The van der Waals surface area contributed by atoms with E-state index in [9.17, 15) is 0 Å². The Morgan fingerprint density at radius 2 is 1.55 bits per heavy atom. The van der Waals surface area contributed by atoms with Gasteiger partial charge < -0.3 is 5.32 Å². The molecule has 3 rings (SSSR count). The highest BCUT2D eigenvalue weighted by atomic mass is 14.9. The zero-order valence-electron chi connectivity index (χ0n) is 14.5. The van der Waals surface area contributed by atoms with E-state index in [0.29, 0.717) is 12.5 Å². The number of hydrogen-bond acceptors (Lipinski definition) is 1. The molecule has 0 amide bonds. The maximum Gasteiger partial charge on any atom is 0.0391 e. The minimum absolute atomic E-state index is 0.302. The second kappa shape index (κ2) is 6.06. The molecular formula is C19H21N. The summed E-state index contributed by atoms with van der Waals surface area (Å²) in [5.41, 5.74) is 5.14. The molecule has 0 radical (unpaired) electrons. The SMILES string of the molecule is [2H][13C]([2H])([2H])NCCCC1c2ccccc2C=Cc2ccccc21. The maximum absolute atomic E-state index is 7.24. The highest BCUT2D eigenvalue weighted by Crippen LogP contribution is 2.37. The molecule has 0 aromatic heterocycles. The maximum atomic E-state index is 7.24. The first-order chi connectivity index (χ1) is 11.0. The van der Waals surface area contributed by atoms with E-state index in [1.165, 1.54) is 22.3 Å². The van der Waals surface area contributed by atoms with Crippen molar-refractivity contribution in [3.8, 4) is 0 Å². The molecule has 2 aromatic carbocycles. The minimum atomic E-state index is -2.05. The topological polar surface area (TPSA) is 12.0 Å². The van der Waals surface area contributed by atoms with Crippen molar-refractivity contribution in [2.45, 2.75) is 18.8 Å². The summed E-state index contributed by atoms with van der Waals surface area (Å²) in [7, 11) is 0. The summed E-state index contributed by atoms with van der Waals surface area (Å²) < 4.78 is 21.7. The Morgan fingerprint density at radius 1 is 0.950 bits per heavy atom. The zero-order valence-corrected chi connectivity index (χ0v) is 11.5. The summed E-state index contributed by atoms with van der Waals surface area (Å²) in [6.07, 6.45) is 6.11. The Kier molecular flexibility index (Phi) is 3.02. The van der Waals surface area contributed by atoms with Gasteiger partial charge in [-0.05, 0) is 48.6 Å². The van der Waals surface area contributed by atoms with Gasteiger partial charge >= 0.3 is 0 Å². The van der Waals surface area contributed by atoms with E-state index in [2.05, 4.69) is 66.0 Å². The van der Waals surface area contributed by atoms with Crippen LogP contribution < -0.4 is 5.32 Å². The molecule has 102 valence electrons. The molecular weight excluding hydrogens is 243 g/mol. The lowest BCUT2D eigenvalue weighted by Gasteiger charge is -2.20. The lowest BCUT2D eigenvalue weighted by atomic mass is 9.84. The lowest BCUT2D eigenvalue weighted by molar-refractivity contribution is 0.628. The van der Waals surface area contributed by atoms with Crippen molar-refractivity contribution >= 4 is 12.2 Å². The smallest absolute Gasteiger partial charge is 0.0391 e. The molecule has 1 aliphatic carbocycles. The van der Waals surface area contributed by atoms with E-state index in [0.717, 1.165) is 12.8 Å². The van der Waals surface area contributed by atoms with Crippen LogP contribution in [-0.4, -0.2) is 13.5 Å². The highest BCUT2D eigenvalue weighted by Gasteiger charge is 2.20. The quantitative estimate of drug-likeness (QED) is 0.643. The van der Waals surface area contributed by atoms with Gasteiger partial charge in [0, 0.05) is 10.0 Å². The van der Waals surface area contributed by atoms with Crippen LogP contribution in [-0.2, 0) is 0 Å². The molecule has 0 fully saturated rings. The average Bonchev–Trinajstić information content (AvgIpc) is 2.68. The lowest BCUT2D eigenvalue weighted by Crippen LogP contribution is -2.11. The molecule has 0 bridgehead atoms. The van der Waals surface area contributed by atoms with Crippen molar-refractivity contribution in [1.29, 1.82) is 0 Å². The summed E-state index contributed by atoms with van der Waals surface area (Å²) in [5, 5.41) is 2.61. The summed E-state index contributed by atoms with van der Waals surface area (Å²) in [6.45, 7) is -1.55. The molecule has 20 heavy (non-hydrogen) atoms. The number of rotatable bonds is 4. The van der Waals surface area contributed by atoms with Gasteiger partial charge in [0.15, 0.2) is 0 Å². The van der Waals surface area contributed by atoms with Gasteiger partial charge in [0.25, 0.3) is 0 Å². The van der Waals surface area contributed by atoms with Crippen LogP contribution >= 0.6 is 0 Å². The van der Waals surface area contributed by atoms with Crippen LogP contribution in [0.3, 0.4) is 0 Å². The molecule has 0 atom stereocenters. The van der Waals surface area contributed by atoms with Crippen molar-refractivity contribution < 1.29 is 4.11 Å². The normalized spacial score (nSPS) is 16.5. The Labute approximate surface area is 125 Å². The summed E-state index contributed by atoms with van der Waals surface area (Å²) >= 11 is 0. The van der Waals surface area contributed by atoms with E-state index >= 15 is 0 Å². The predicted octanol–water partition coefficient (Wildman–Crippen LogP) is 4.30. The second-order valence-corrected chi connectivity index (χ2v) is 5.21. The third-order valence-electron chi connectivity index (χ3n) is 3.98. The fraction of sp³-hybridized carbons (Fsp3) is 0.263. The Morgan fingerprint density at radius 3 is 2.15 bits per heavy atom. The molecule has 1 aliphatic rings. The summed E-state index contributed by atoms with van der Waals surface area (Å²) in [5.74, 6) is 0.302. The number of hydrogen-bond donors (Lipinski definition) is 1. The van der Waals surface area contributed by atoms with Gasteiger partial charge in [0.1, 0.15) is 0 Å². The van der Waals surface area contributed by atoms with Gasteiger partial charge in [-0.25, -0.2) is 0 Å². The predicted molar refractivity (Wildman–Crippen MR) is 86.8 cm³/mol. The number of nitrogens with one attached hydrogen (secondary N) is 1. The van der Waals surface area contributed by atoms with Crippen LogP contribution in [0.2, 0.25) is 0 Å². The molecule has 1 N–H and O–H groups in total. The Balaban J connectivity index is 1.84. The van der Waals surface area contributed by atoms with Gasteiger partial charge in [0.2, 0.25) is 0 Å². The first-order valence-corrected chi connectivity index (χ1v) is 7.15. The monoisotopic (exact) mass is 267 g/mol. The van der Waals surface area contributed by atoms with Crippen molar-refractivity contribution in [1.82, 2.24) is 5.32 Å². The van der Waals surface area contributed by atoms with Crippen LogP contribution in [0, 0.1) is 0 Å². The van der Waals surface area contributed by atoms with Crippen molar-refractivity contribution in [2.24, 2.45) is 0 Å². The van der Waals surface area contributed by atoms with E-state index < -0.39 is 6.98 Å². The third-order valence-corrected chi connectivity index (χ3v) is 3.98. The number of fused-ring (bicyclic) bond motifs is 2. The molecule has 0 heterocycles. The van der Waals surface area contributed by atoms with E-state index in [-0.39, 0.29) is 0 Å². The van der Waals surface area contributed by atoms with Gasteiger partial charge in [-0.2, -0.15) is 0 Å². The molecule has 0 spiro atoms. The largest absolute Gasteiger partial charge is 0.320 e. The van der Waals surface area contributed by atoms with Crippen LogP contribution in [0.4, 0.5) is 0 Å². The Hall–Kier alpha value is -1.86. The van der Waals surface area contributed by atoms with Crippen LogP contribution in [0.5, 0.6) is 0 Å². The molecule has 2 aromatic rings. The molecule has 0 aliphatic heterocycles. The summed E-state index contributed by atoms with van der Waals surface area (Å²) in [6, 6.07) is 16.9. The van der Waals surface area contributed by atoms with Gasteiger partial charge in [-0.15, -0.1) is 0 Å².